The standard InChI is InChI=1S/C10H10ClNO3/c1-15-9(13)4-2-3-7-5-8(11)6-12-10(7)14/h2-3,5-6H,4H2,1H3,(H,12,14). The molecule has 0 fully saturated rings. The molecular formula is C10H10ClNO3. The van der Waals surface area contributed by atoms with Gasteiger partial charge in [0.25, 0.3) is 5.56 Å². The van der Waals surface area contributed by atoms with E-state index in [1.54, 1.807) is 6.08 Å². The Morgan fingerprint density at radius 2 is 2.40 bits per heavy atom. The van der Waals surface area contributed by atoms with Gasteiger partial charge >= 0.3 is 5.97 Å². The number of aromatic nitrogens is 1. The normalized spacial score (nSPS) is 10.5. The molecule has 0 amide bonds. The molecule has 0 saturated heterocycles. The van der Waals surface area contributed by atoms with Gasteiger partial charge in [-0.25, -0.2) is 0 Å². The summed E-state index contributed by atoms with van der Waals surface area (Å²) >= 11 is 5.69. The van der Waals surface area contributed by atoms with Crippen molar-refractivity contribution in [2.24, 2.45) is 0 Å². The molecule has 0 spiro atoms. The topological polar surface area (TPSA) is 59.2 Å². The molecule has 5 heteroatoms. The molecule has 1 rings (SSSR count). The highest BCUT2D eigenvalue weighted by molar-refractivity contribution is 6.30. The molecule has 80 valence electrons. The summed E-state index contributed by atoms with van der Waals surface area (Å²) in [5.74, 6) is -0.357. The van der Waals surface area contributed by atoms with Crippen molar-refractivity contribution in [3.8, 4) is 0 Å². The highest BCUT2D eigenvalue weighted by Crippen LogP contribution is 2.06. The van der Waals surface area contributed by atoms with Gasteiger partial charge < -0.3 is 9.72 Å². The van der Waals surface area contributed by atoms with Crippen molar-refractivity contribution in [3.05, 3.63) is 39.3 Å². The van der Waals surface area contributed by atoms with E-state index in [-0.39, 0.29) is 17.9 Å². The summed E-state index contributed by atoms with van der Waals surface area (Å²) in [7, 11) is 1.31. The lowest BCUT2D eigenvalue weighted by Gasteiger charge is -1.94. The van der Waals surface area contributed by atoms with Gasteiger partial charge in [-0.15, -0.1) is 0 Å². The first-order chi connectivity index (χ1) is 7.13. The second-order valence-electron chi connectivity index (χ2n) is 2.78. The Morgan fingerprint density at radius 1 is 1.67 bits per heavy atom. The summed E-state index contributed by atoms with van der Waals surface area (Å²) in [5, 5.41) is 0.437. The van der Waals surface area contributed by atoms with E-state index in [1.165, 1.54) is 25.4 Å². The molecule has 0 saturated carbocycles. The maximum Gasteiger partial charge on any atom is 0.309 e. The van der Waals surface area contributed by atoms with Crippen LogP contribution in [-0.2, 0) is 9.53 Å². The number of esters is 1. The Labute approximate surface area is 91.5 Å². The number of carbonyl (C=O) groups is 1. The predicted molar refractivity (Wildman–Crippen MR) is 57.7 cm³/mol. The lowest BCUT2D eigenvalue weighted by atomic mass is 10.2. The van der Waals surface area contributed by atoms with Crippen LogP contribution >= 0.6 is 11.6 Å². The van der Waals surface area contributed by atoms with Crippen LogP contribution in [0.5, 0.6) is 0 Å². The van der Waals surface area contributed by atoms with Crippen molar-refractivity contribution < 1.29 is 9.53 Å². The second-order valence-corrected chi connectivity index (χ2v) is 3.22. The number of hydrogen-bond donors (Lipinski definition) is 1. The van der Waals surface area contributed by atoms with E-state index in [0.29, 0.717) is 10.6 Å². The van der Waals surface area contributed by atoms with Gasteiger partial charge in [-0.05, 0) is 6.07 Å². The summed E-state index contributed by atoms with van der Waals surface area (Å²) in [6, 6.07) is 1.52. The van der Waals surface area contributed by atoms with Crippen molar-refractivity contribution in [2.75, 3.05) is 7.11 Å². The number of methoxy groups -OCH3 is 1. The molecule has 0 aliphatic rings. The highest BCUT2D eigenvalue weighted by atomic mass is 35.5. The fraction of sp³-hybridized carbons (Fsp3) is 0.200. The van der Waals surface area contributed by atoms with Gasteiger partial charge in [-0.2, -0.15) is 0 Å². The Bertz CT molecular complexity index is 437. The number of ether oxygens (including phenoxy) is 1. The van der Waals surface area contributed by atoms with Crippen molar-refractivity contribution in [1.82, 2.24) is 4.98 Å². The smallest absolute Gasteiger partial charge is 0.309 e. The van der Waals surface area contributed by atoms with Crippen LogP contribution in [-0.4, -0.2) is 18.1 Å². The van der Waals surface area contributed by atoms with Crippen LogP contribution in [0.15, 0.2) is 23.1 Å². The number of hydrogen-bond acceptors (Lipinski definition) is 3. The number of pyridine rings is 1. The van der Waals surface area contributed by atoms with Gasteiger partial charge in [0.05, 0.1) is 18.6 Å². The molecular weight excluding hydrogens is 218 g/mol. The van der Waals surface area contributed by atoms with Gasteiger partial charge in [-0.3, -0.25) is 9.59 Å². The van der Waals surface area contributed by atoms with Crippen LogP contribution in [0.3, 0.4) is 0 Å². The Morgan fingerprint density at radius 3 is 3.07 bits per heavy atom. The third-order valence-electron chi connectivity index (χ3n) is 1.71. The quantitative estimate of drug-likeness (QED) is 0.798. The summed E-state index contributed by atoms with van der Waals surface area (Å²) in [6.07, 6.45) is 4.61. The second kappa shape index (κ2) is 5.36. The molecule has 0 aromatic carbocycles. The molecule has 0 bridgehead atoms. The first-order valence-corrected chi connectivity index (χ1v) is 4.63. The molecule has 0 aliphatic carbocycles. The average molecular weight is 228 g/mol. The third kappa shape index (κ3) is 3.59. The summed E-state index contributed by atoms with van der Waals surface area (Å²) < 4.78 is 4.44. The van der Waals surface area contributed by atoms with E-state index in [2.05, 4.69) is 9.72 Å². The van der Waals surface area contributed by atoms with Crippen molar-refractivity contribution in [2.45, 2.75) is 6.42 Å². The van der Waals surface area contributed by atoms with Gasteiger partial charge in [0.15, 0.2) is 0 Å². The maximum atomic E-state index is 11.2. The fourth-order valence-electron chi connectivity index (χ4n) is 0.963. The first-order valence-electron chi connectivity index (χ1n) is 4.25. The predicted octanol–water partition coefficient (Wildman–Crippen LogP) is 1.60. The number of H-pyrrole nitrogens is 1. The van der Waals surface area contributed by atoms with Crippen LogP contribution in [0.25, 0.3) is 6.08 Å². The van der Waals surface area contributed by atoms with Crippen molar-refractivity contribution in [3.63, 3.8) is 0 Å². The number of aromatic amines is 1. The van der Waals surface area contributed by atoms with E-state index < -0.39 is 0 Å². The van der Waals surface area contributed by atoms with E-state index in [4.69, 9.17) is 11.6 Å². The molecule has 0 aliphatic heterocycles. The zero-order chi connectivity index (χ0) is 11.3. The molecule has 1 N–H and O–H groups in total. The minimum absolute atomic E-state index is 0.127. The van der Waals surface area contributed by atoms with Crippen LogP contribution in [0.4, 0.5) is 0 Å². The van der Waals surface area contributed by atoms with E-state index >= 15 is 0 Å². The molecule has 1 heterocycles. The van der Waals surface area contributed by atoms with Gasteiger partial charge in [-0.1, -0.05) is 23.8 Å². The number of rotatable bonds is 3. The van der Waals surface area contributed by atoms with Gasteiger partial charge in [0.1, 0.15) is 0 Å². The summed E-state index contributed by atoms with van der Waals surface area (Å²) in [4.78, 5) is 24.5. The lowest BCUT2D eigenvalue weighted by molar-refractivity contribution is -0.139. The van der Waals surface area contributed by atoms with E-state index in [1.807, 2.05) is 0 Å². The van der Waals surface area contributed by atoms with E-state index in [0.717, 1.165) is 0 Å². The SMILES string of the molecule is COC(=O)CC=Cc1cc(Cl)c[nH]c1=O. The Balaban J connectivity index is 2.76. The minimum Gasteiger partial charge on any atom is -0.469 e. The van der Waals surface area contributed by atoms with Crippen LogP contribution in [0.2, 0.25) is 5.02 Å². The fourth-order valence-corrected chi connectivity index (χ4v) is 1.13. The zero-order valence-electron chi connectivity index (χ0n) is 8.12. The van der Waals surface area contributed by atoms with Crippen molar-refractivity contribution >= 4 is 23.6 Å². The average Bonchev–Trinajstić information content (AvgIpc) is 2.23. The van der Waals surface area contributed by atoms with Crippen molar-refractivity contribution in [1.29, 1.82) is 0 Å². The third-order valence-corrected chi connectivity index (χ3v) is 1.92. The Hall–Kier alpha value is -1.55. The number of halogens is 1. The highest BCUT2D eigenvalue weighted by Gasteiger charge is 1.98. The molecule has 1 aromatic rings. The zero-order valence-corrected chi connectivity index (χ0v) is 8.88. The largest absolute Gasteiger partial charge is 0.469 e. The first kappa shape index (κ1) is 11.5. The molecule has 15 heavy (non-hydrogen) atoms. The Kier molecular flexibility index (Phi) is 4.12. The molecule has 4 nitrogen and oxygen atoms in total. The molecule has 0 atom stereocenters. The summed E-state index contributed by atoms with van der Waals surface area (Å²) in [5.41, 5.74) is 0.159. The van der Waals surface area contributed by atoms with Gasteiger partial charge in [0.2, 0.25) is 0 Å². The molecule has 0 radical (unpaired) electrons. The number of nitrogens with one attached hydrogen (secondary N) is 1. The number of carbonyl (C=O) groups excluding carboxylic acids is 1. The van der Waals surface area contributed by atoms with Crippen LogP contribution < -0.4 is 5.56 Å². The monoisotopic (exact) mass is 227 g/mol. The molecule has 0 unspecified atom stereocenters. The summed E-state index contributed by atoms with van der Waals surface area (Å²) in [6.45, 7) is 0. The van der Waals surface area contributed by atoms with Gasteiger partial charge in [0, 0.05) is 11.8 Å². The minimum atomic E-state index is -0.357. The molecule has 1 aromatic heterocycles. The maximum absolute atomic E-state index is 11.2. The van der Waals surface area contributed by atoms with Crippen LogP contribution in [0, 0.1) is 0 Å². The lowest BCUT2D eigenvalue weighted by Crippen LogP contribution is -2.07. The van der Waals surface area contributed by atoms with E-state index in [9.17, 15) is 9.59 Å². The van der Waals surface area contributed by atoms with Crippen LogP contribution in [0.1, 0.15) is 12.0 Å².